The number of nitrogens with zero attached hydrogens (tertiary/aromatic N) is 3. The standard InChI is InChI=1S/C16H24N4/c1-5-13(3)20-10-8-14(19-20)11-15(17-4)16-12(2)7-6-9-18-16/h6-10,13,15,17H,5,11H2,1-4H3. The minimum Gasteiger partial charge on any atom is -0.311 e. The monoisotopic (exact) mass is 272 g/mol. The summed E-state index contributed by atoms with van der Waals surface area (Å²) in [6.45, 7) is 6.47. The maximum absolute atomic E-state index is 4.67. The first-order valence-electron chi connectivity index (χ1n) is 7.28. The number of likely N-dealkylation sites (N-methyl/N-ethyl adjacent to an activating group) is 1. The third-order valence-corrected chi connectivity index (χ3v) is 3.85. The molecule has 0 saturated heterocycles. The zero-order chi connectivity index (χ0) is 14.5. The third-order valence-electron chi connectivity index (χ3n) is 3.85. The molecule has 0 aliphatic carbocycles. The van der Waals surface area contributed by atoms with Crippen molar-refractivity contribution < 1.29 is 0 Å². The van der Waals surface area contributed by atoms with E-state index in [0.29, 0.717) is 6.04 Å². The van der Waals surface area contributed by atoms with Gasteiger partial charge in [0.1, 0.15) is 0 Å². The van der Waals surface area contributed by atoms with E-state index in [4.69, 9.17) is 0 Å². The van der Waals surface area contributed by atoms with Crippen LogP contribution in [0.4, 0.5) is 0 Å². The van der Waals surface area contributed by atoms with Crippen LogP contribution in [0.2, 0.25) is 0 Å². The van der Waals surface area contributed by atoms with Crippen molar-refractivity contribution >= 4 is 0 Å². The van der Waals surface area contributed by atoms with E-state index in [0.717, 1.165) is 24.2 Å². The third kappa shape index (κ3) is 3.25. The predicted molar refractivity (Wildman–Crippen MR) is 81.7 cm³/mol. The molecular weight excluding hydrogens is 248 g/mol. The van der Waals surface area contributed by atoms with Crippen LogP contribution < -0.4 is 5.32 Å². The Morgan fingerprint density at radius 1 is 1.35 bits per heavy atom. The van der Waals surface area contributed by atoms with Crippen molar-refractivity contribution in [3.8, 4) is 0 Å². The second-order valence-electron chi connectivity index (χ2n) is 5.30. The summed E-state index contributed by atoms with van der Waals surface area (Å²) in [7, 11) is 1.98. The highest BCUT2D eigenvalue weighted by atomic mass is 15.3. The molecule has 0 radical (unpaired) electrons. The first kappa shape index (κ1) is 14.7. The molecule has 0 aliphatic heterocycles. The van der Waals surface area contributed by atoms with Gasteiger partial charge in [-0.05, 0) is 45.0 Å². The Balaban J connectivity index is 2.15. The summed E-state index contributed by atoms with van der Waals surface area (Å²) in [4.78, 5) is 4.51. The van der Waals surface area contributed by atoms with E-state index in [1.165, 1.54) is 5.56 Å². The van der Waals surface area contributed by atoms with E-state index in [9.17, 15) is 0 Å². The Morgan fingerprint density at radius 3 is 2.80 bits per heavy atom. The first-order chi connectivity index (χ1) is 9.65. The summed E-state index contributed by atoms with van der Waals surface area (Å²) in [5.41, 5.74) is 3.43. The van der Waals surface area contributed by atoms with Crippen LogP contribution in [-0.2, 0) is 6.42 Å². The Bertz CT molecular complexity index is 547. The molecule has 2 unspecified atom stereocenters. The van der Waals surface area contributed by atoms with Crippen LogP contribution in [-0.4, -0.2) is 21.8 Å². The molecule has 0 aromatic carbocycles. The van der Waals surface area contributed by atoms with Gasteiger partial charge in [-0.3, -0.25) is 9.67 Å². The van der Waals surface area contributed by atoms with E-state index in [-0.39, 0.29) is 6.04 Å². The first-order valence-corrected chi connectivity index (χ1v) is 7.28. The molecule has 0 bridgehead atoms. The van der Waals surface area contributed by atoms with Crippen molar-refractivity contribution in [1.82, 2.24) is 20.1 Å². The van der Waals surface area contributed by atoms with E-state index >= 15 is 0 Å². The Labute approximate surface area is 121 Å². The molecule has 4 heteroatoms. The molecule has 2 aromatic rings. The second kappa shape index (κ2) is 6.66. The summed E-state index contributed by atoms with van der Waals surface area (Å²) >= 11 is 0. The van der Waals surface area contributed by atoms with E-state index < -0.39 is 0 Å². The molecule has 0 amide bonds. The lowest BCUT2D eigenvalue weighted by Crippen LogP contribution is -2.21. The fraction of sp³-hybridized carbons (Fsp3) is 0.500. The van der Waals surface area contributed by atoms with Crippen LogP contribution in [0.15, 0.2) is 30.6 Å². The van der Waals surface area contributed by atoms with Gasteiger partial charge in [0.25, 0.3) is 0 Å². The lowest BCUT2D eigenvalue weighted by atomic mass is 10.0. The summed E-state index contributed by atoms with van der Waals surface area (Å²) < 4.78 is 2.05. The molecule has 4 nitrogen and oxygen atoms in total. The van der Waals surface area contributed by atoms with Crippen LogP contribution in [0.25, 0.3) is 0 Å². The molecule has 2 atom stereocenters. The molecule has 2 aromatic heterocycles. The summed E-state index contributed by atoms with van der Waals surface area (Å²) in [5.74, 6) is 0. The largest absolute Gasteiger partial charge is 0.311 e. The predicted octanol–water partition coefficient (Wildman–Crippen LogP) is 3.06. The number of pyridine rings is 1. The van der Waals surface area contributed by atoms with Gasteiger partial charge in [0.15, 0.2) is 0 Å². The van der Waals surface area contributed by atoms with Gasteiger partial charge >= 0.3 is 0 Å². The van der Waals surface area contributed by atoms with Gasteiger partial charge in [-0.15, -0.1) is 0 Å². The average molecular weight is 272 g/mol. The van der Waals surface area contributed by atoms with Crippen molar-refractivity contribution in [2.45, 2.75) is 45.7 Å². The number of hydrogen-bond donors (Lipinski definition) is 1. The zero-order valence-corrected chi connectivity index (χ0v) is 12.8. The summed E-state index contributed by atoms with van der Waals surface area (Å²) in [6.07, 6.45) is 5.87. The highest BCUT2D eigenvalue weighted by Gasteiger charge is 2.15. The highest BCUT2D eigenvalue weighted by molar-refractivity contribution is 5.22. The molecular formula is C16H24N4. The van der Waals surface area contributed by atoms with Crippen molar-refractivity contribution in [1.29, 1.82) is 0 Å². The minimum atomic E-state index is 0.205. The van der Waals surface area contributed by atoms with Gasteiger partial charge in [-0.25, -0.2) is 0 Å². The smallest absolute Gasteiger partial charge is 0.0644 e. The van der Waals surface area contributed by atoms with Crippen LogP contribution in [0.3, 0.4) is 0 Å². The molecule has 20 heavy (non-hydrogen) atoms. The van der Waals surface area contributed by atoms with Crippen molar-refractivity contribution in [3.63, 3.8) is 0 Å². The number of aromatic nitrogens is 3. The molecule has 2 heterocycles. The molecule has 0 spiro atoms. The van der Waals surface area contributed by atoms with Crippen molar-refractivity contribution in [2.24, 2.45) is 0 Å². The molecule has 2 rings (SSSR count). The molecule has 108 valence electrons. The number of rotatable bonds is 6. The molecule has 1 N–H and O–H groups in total. The van der Waals surface area contributed by atoms with E-state index in [2.05, 4.69) is 54.5 Å². The maximum Gasteiger partial charge on any atom is 0.0644 e. The molecule has 0 fully saturated rings. The number of aryl methyl sites for hydroxylation is 1. The normalized spacial score (nSPS) is 14.2. The van der Waals surface area contributed by atoms with Crippen LogP contribution in [0, 0.1) is 6.92 Å². The fourth-order valence-corrected chi connectivity index (χ4v) is 2.33. The fourth-order valence-electron chi connectivity index (χ4n) is 2.33. The maximum atomic E-state index is 4.67. The van der Waals surface area contributed by atoms with Crippen molar-refractivity contribution in [3.05, 3.63) is 47.5 Å². The molecule has 0 aliphatic rings. The highest BCUT2D eigenvalue weighted by Crippen LogP contribution is 2.19. The van der Waals surface area contributed by atoms with Crippen LogP contribution in [0.1, 0.15) is 49.3 Å². The number of hydrogen-bond acceptors (Lipinski definition) is 3. The van der Waals surface area contributed by atoms with Gasteiger partial charge < -0.3 is 5.32 Å². The quantitative estimate of drug-likeness (QED) is 0.879. The summed E-state index contributed by atoms with van der Waals surface area (Å²) in [5, 5.41) is 8.02. The summed E-state index contributed by atoms with van der Waals surface area (Å²) in [6, 6.07) is 6.84. The van der Waals surface area contributed by atoms with Crippen LogP contribution in [0.5, 0.6) is 0 Å². The Kier molecular flexibility index (Phi) is 4.90. The zero-order valence-electron chi connectivity index (χ0n) is 12.8. The van der Waals surface area contributed by atoms with Gasteiger partial charge in [-0.1, -0.05) is 13.0 Å². The van der Waals surface area contributed by atoms with E-state index in [1.54, 1.807) is 0 Å². The number of nitrogens with one attached hydrogen (secondary N) is 1. The lowest BCUT2D eigenvalue weighted by molar-refractivity contribution is 0.468. The average Bonchev–Trinajstić information content (AvgIpc) is 2.93. The SMILES string of the molecule is CCC(C)n1ccc(CC(NC)c2ncccc2C)n1. The van der Waals surface area contributed by atoms with Crippen LogP contribution >= 0.6 is 0 Å². The Morgan fingerprint density at radius 2 is 2.15 bits per heavy atom. The lowest BCUT2D eigenvalue weighted by Gasteiger charge is -2.16. The van der Waals surface area contributed by atoms with Gasteiger partial charge in [0.2, 0.25) is 0 Å². The van der Waals surface area contributed by atoms with Crippen molar-refractivity contribution in [2.75, 3.05) is 7.05 Å². The topological polar surface area (TPSA) is 42.7 Å². The van der Waals surface area contributed by atoms with Gasteiger partial charge in [0, 0.05) is 24.9 Å². The Hall–Kier alpha value is -1.68. The van der Waals surface area contributed by atoms with Gasteiger partial charge in [-0.2, -0.15) is 5.10 Å². The second-order valence-corrected chi connectivity index (χ2v) is 5.30. The van der Waals surface area contributed by atoms with Gasteiger partial charge in [0.05, 0.1) is 17.4 Å². The minimum absolute atomic E-state index is 0.205. The van der Waals surface area contributed by atoms with E-state index in [1.807, 2.05) is 24.0 Å². The molecule has 0 saturated carbocycles.